The van der Waals surface area contributed by atoms with Crippen molar-refractivity contribution < 1.29 is 9.90 Å². The van der Waals surface area contributed by atoms with E-state index >= 15 is 0 Å². The highest BCUT2D eigenvalue weighted by Crippen LogP contribution is 2.48. The smallest absolute Gasteiger partial charge is 0.226 e. The molecule has 3 rings (SSSR count). The van der Waals surface area contributed by atoms with Gasteiger partial charge in [-0.1, -0.05) is 20.8 Å². The van der Waals surface area contributed by atoms with Crippen LogP contribution in [-0.4, -0.2) is 34.1 Å². The highest BCUT2D eigenvalue weighted by Gasteiger charge is 2.50. The zero-order valence-corrected chi connectivity index (χ0v) is 13.9. The predicted molar refractivity (Wildman–Crippen MR) is 83.8 cm³/mol. The first kappa shape index (κ1) is 15.3. The fourth-order valence-electron chi connectivity index (χ4n) is 5.32. The van der Waals surface area contributed by atoms with Crippen LogP contribution in [0.1, 0.15) is 72.1 Å². The molecule has 0 aromatic carbocycles. The Hall–Kier alpha value is -0.570. The minimum atomic E-state index is -0.198. The van der Waals surface area contributed by atoms with Crippen molar-refractivity contribution in [2.75, 3.05) is 6.54 Å². The van der Waals surface area contributed by atoms with E-state index in [0.717, 1.165) is 45.1 Å². The summed E-state index contributed by atoms with van der Waals surface area (Å²) in [5, 5.41) is 10.0. The van der Waals surface area contributed by atoms with Gasteiger partial charge in [-0.15, -0.1) is 0 Å². The van der Waals surface area contributed by atoms with E-state index in [0.29, 0.717) is 17.2 Å². The van der Waals surface area contributed by atoms with Crippen LogP contribution in [-0.2, 0) is 4.79 Å². The molecular weight excluding hydrogens is 262 g/mol. The topological polar surface area (TPSA) is 40.5 Å². The molecular formula is C18H31NO2. The first-order valence-corrected chi connectivity index (χ1v) is 8.81. The molecule has 1 spiro atoms. The number of hydrogen-bond acceptors (Lipinski definition) is 2. The average Bonchev–Trinajstić information content (AvgIpc) is 2.33. The quantitative estimate of drug-likeness (QED) is 0.805. The summed E-state index contributed by atoms with van der Waals surface area (Å²) < 4.78 is 0. The predicted octanol–water partition coefficient (Wildman–Crippen LogP) is 3.35. The van der Waals surface area contributed by atoms with E-state index in [1.54, 1.807) is 0 Å². The molecule has 2 saturated carbocycles. The van der Waals surface area contributed by atoms with Crippen molar-refractivity contribution in [3.8, 4) is 0 Å². The largest absolute Gasteiger partial charge is 0.393 e. The molecule has 1 saturated heterocycles. The van der Waals surface area contributed by atoms with Gasteiger partial charge in [0.15, 0.2) is 0 Å². The number of hydrogen-bond donors (Lipinski definition) is 1. The maximum Gasteiger partial charge on any atom is 0.226 e. The van der Waals surface area contributed by atoms with Gasteiger partial charge >= 0.3 is 0 Å². The Bertz CT molecular complexity index is 413. The lowest BCUT2D eigenvalue weighted by Crippen LogP contribution is -2.62. The van der Waals surface area contributed by atoms with E-state index in [1.165, 1.54) is 12.8 Å². The maximum absolute atomic E-state index is 13.1. The molecule has 0 radical (unpaired) electrons. The Labute approximate surface area is 129 Å². The van der Waals surface area contributed by atoms with Crippen molar-refractivity contribution in [2.45, 2.75) is 83.8 Å². The van der Waals surface area contributed by atoms with Gasteiger partial charge in [-0.05, 0) is 62.7 Å². The first-order chi connectivity index (χ1) is 9.81. The summed E-state index contributed by atoms with van der Waals surface area (Å²) in [5.74, 6) is 1.24. The molecule has 3 aliphatic rings. The van der Waals surface area contributed by atoms with Crippen molar-refractivity contribution in [1.82, 2.24) is 4.90 Å². The number of carbonyl (C=O) groups is 1. The van der Waals surface area contributed by atoms with Crippen LogP contribution in [0.5, 0.6) is 0 Å². The number of piperidine rings is 1. The molecule has 0 bridgehead atoms. The molecule has 2 aliphatic carbocycles. The van der Waals surface area contributed by atoms with Crippen LogP contribution in [0.3, 0.4) is 0 Å². The van der Waals surface area contributed by atoms with Crippen LogP contribution < -0.4 is 0 Å². The fraction of sp³-hybridized carbons (Fsp3) is 0.944. The third kappa shape index (κ3) is 2.86. The number of aliphatic hydroxyl groups excluding tert-OH is 1. The number of carbonyl (C=O) groups excluding carboxylic acids is 1. The van der Waals surface area contributed by atoms with Gasteiger partial charge in [0.25, 0.3) is 0 Å². The van der Waals surface area contributed by atoms with Crippen molar-refractivity contribution in [3.05, 3.63) is 0 Å². The summed E-state index contributed by atoms with van der Waals surface area (Å²) in [6.45, 7) is 7.68. The second kappa shape index (κ2) is 5.26. The molecule has 3 nitrogen and oxygen atoms in total. The van der Waals surface area contributed by atoms with Crippen LogP contribution >= 0.6 is 0 Å². The zero-order chi connectivity index (χ0) is 15.3. The van der Waals surface area contributed by atoms with Crippen molar-refractivity contribution >= 4 is 5.91 Å². The van der Waals surface area contributed by atoms with Gasteiger partial charge < -0.3 is 10.0 Å². The summed E-state index contributed by atoms with van der Waals surface area (Å²) in [7, 11) is 0. The van der Waals surface area contributed by atoms with Gasteiger partial charge in [0, 0.05) is 18.0 Å². The molecule has 3 unspecified atom stereocenters. The molecule has 3 fully saturated rings. The molecule has 1 N–H and O–H groups in total. The highest BCUT2D eigenvalue weighted by atomic mass is 16.3. The molecule has 0 aromatic heterocycles. The zero-order valence-electron chi connectivity index (χ0n) is 13.9. The third-order valence-corrected chi connectivity index (χ3v) is 6.16. The molecule has 1 aliphatic heterocycles. The number of aliphatic hydroxyl groups is 1. The second-order valence-corrected chi connectivity index (χ2v) is 8.82. The molecule has 3 atom stereocenters. The molecule has 1 amide bonds. The Morgan fingerprint density at radius 3 is 2.48 bits per heavy atom. The molecule has 1 heterocycles. The van der Waals surface area contributed by atoms with Crippen LogP contribution in [0.4, 0.5) is 0 Å². The van der Waals surface area contributed by atoms with Gasteiger partial charge in [0.05, 0.1) is 6.10 Å². The van der Waals surface area contributed by atoms with E-state index in [1.807, 2.05) is 0 Å². The van der Waals surface area contributed by atoms with Crippen molar-refractivity contribution in [1.29, 1.82) is 0 Å². The second-order valence-electron chi connectivity index (χ2n) is 8.82. The Balaban J connectivity index is 1.75. The van der Waals surface area contributed by atoms with Gasteiger partial charge in [-0.3, -0.25) is 4.79 Å². The van der Waals surface area contributed by atoms with E-state index in [2.05, 4.69) is 25.7 Å². The van der Waals surface area contributed by atoms with Crippen LogP contribution in [0.25, 0.3) is 0 Å². The summed E-state index contributed by atoms with van der Waals surface area (Å²) in [6, 6.07) is 0. The number of nitrogens with zero attached hydrogens (tertiary/aromatic N) is 1. The standard InChI is InChI=1S/C18H31NO2/c1-13-9-14(11-17(2,3)10-13)16(21)19-8-5-15(20)12-18(19)6-4-7-18/h13-15,20H,4-12H2,1-3H3. The molecule has 0 aromatic rings. The fourth-order valence-corrected chi connectivity index (χ4v) is 5.32. The summed E-state index contributed by atoms with van der Waals surface area (Å²) in [4.78, 5) is 15.3. The Kier molecular flexibility index (Phi) is 3.84. The number of likely N-dealkylation sites (tertiary alicyclic amines) is 1. The van der Waals surface area contributed by atoms with Crippen LogP contribution in [0.2, 0.25) is 0 Å². The SMILES string of the molecule is CC1CC(C(=O)N2CCC(O)CC23CCC3)CC(C)(C)C1. The summed E-state index contributed by atoms with van der Waals surface area (Å²) >= 11 is 0. The van der Waals surface area contributed by atoms with Crippen molar-refractivity contribution in [3.63, 3.8) is 0 Å². The monoisotopic (exact) mass is 293 g/mol. The van der Waals surface area contributed by atoms with E-state index in [4.69, 9.17) is 0 Å². The highest BCUT2D eigenvalue weighted by molar-refractivity contribution is 5.80. The number of rotatable bonds is 1. The first-order valence-electron chi connectivity index (χ1n) is 8.81. The van der Waals surface area contributed by atoms with Gasteiger partial charge in [-0.2, -0.15) is 0 Å². The summed E-state index contributed by atoms with van der Waals surface area (Å²) in [6.07, 6.45) is 8.11. The van der Waals surface area contributed by atoms with E-state index in [9.17, 15) is 9.90 Å². The third-order valence-electron chi connectivity index (χ3n) is 6.16. The van der Waals surface area contributed by atoms with Crippen LogP contribution in [0, 0.1) is 17.3 Å². The molecule has 3 heteroatoms. The lowest BCUT2D eigenvalue weighted by molar-refractivity contribution is -0.157. The van der Waals surface area contributed by atoms with Crippen molar-refractivity contribution in [2.24, 2.45) is 17.3 Å². The minimum absolute atomic E-state index is 0.0135. The molecule has 21 heavy (non-hydrogen) atoms. The number of amides is 1. The van der Waals surface area contributed by atoms with Gasteiger partial charge in [0.2, 0.25) is 5.91 Å². The van der Waals surface area contributed by atoms with Gasteiger partial charge in [-0.25, -0.2) is 0 Å². The normalized spacial score (nSPS) is 38.1. The van der Waals surface area contributed by atoms with Crippen LogP contribution in [0.15, 0.2) is 0 Å². The lowest BCUT2D eigenvalue weighted by atomic mass is 9.65. The maximum atomic E-state index is 13.1. The van der Waals surface area contributed by atoms with E-state index in [-0.39, 0.29) is 17.6 Å². The lowest BCUT2D eigenvalue weighted by Gasteiger charge is -2.55. The van der Waals surface area contributed by atoms with E-state index < -0.39 is 0 Å². The average molecular weight is 293 g/mol. The minimum Gasteiger partial charge on any atom is -0.393 e. The Morgan fingerprint density at radius 1 is 1.19 bits per heavy atom. The summed E-state index contributed by atoms with van der Waals surface area (Å²) in [5.41, 5.74) is 0.305. The molecule has 120 valence electrons. The van der Waals surface area contributed by atoms with Gasteiger partial charge in [0.1, 0.15) is 0 Å². The Morgan fingerprint density at radius 2 is 1.90 bits per heavy atom.